The second kappa shape index (κ2) is 8.73. The average molecular weight is 483 g/mol. The fraction of sp³-hybridized carbons (Fsp3) is 0.130. The van der Waals surface area contributed by atoms with Crippen LogP contribution < -0.4 is 16.4 Å². The van der Waals surface area contributed by atoms with Gasteiger partial charge in [0.05, 0.1) is 32.4 Å². The molecule has 0 aliphatic heterocycles. The number of anilines is 3. The number of rotatable bonds is 5. The zero-order valence-corrected chi connectivity index (χ0v) is 19.3. The number of nitrogens with zero attached hydrogens (tertiary/aromatic N) is 4. The molecule has 2 aromatic heterocycles. The Bertz CT molecular complexity index is 1400. The largest absolute Gasteiger partial charge is 0.383 e. The maximum absolute atomic E-state index is 13.6. The molecule has 2 heterocycles. The molecule has 0 atom stereocenters. The third-order valence-corrected chi connectivity index (χ3v) is 5.86. The number of carbonyl (C=O) groups is 2. The van der Waals surface area contributed by atoms with Gasteiger partial charge in [-0.15, -0.1) is 0 Å². The minimum absolute atomic E-state index is 0.0238. The number of para-hydroxylation sites is 1. The Balaban J connectivity index is 1.88. The maximum Gasteiger partial charge on any atom is 0.323 e. The van der Waals surface area contributed by atoms with Gasteiger partial charge in [0.2, 0.25) is 0 Å². The molecule has 4 rings (SSSR count). The molecule has 0 saturated heterocycles. The number of aromatic nitrogens is 3. The lowest BCUT2D eigenvalue weighted by Crippen LogP contribution is -2.31. The average Bonchev–Trinajstić information content (AvgIpc) is 3.17. The quantitative estimate of drug-likeness (QED) is 0.371. The molecule has 0 fully saturated rings. The molecule has 2 aromatic carbocycles. The number of hydrogen-bond donors (Lipinski definition) is 2. The molecule has 168 valence electrons. The highest BCUT2D eigenvalue weighted by molar-refractivity contribution is 6.36. The number of nitrogens with two attached hydrogens (primary N) is 2. The van der Waals surface area contributed by atoms with Crippen molar-refractivity contribution in [3.8, 4) is 0 Å². The number of hydrogen-bond acceptors (Lipinski definition) is 5. The van der Waals surface area contributed by atoms with Gasteiger partial charge in [0, 0.05) is 17.8 Å². The van der Waals surface area contributed by atoms with Gasteiger partial charge in [-0.05, 0) is 44.2 Å². The van der Waals surface area contributed by atoms with Gasteiger partial charge in [0.1, 0.15) is 17.8 Å². The molecule has 0 radical (unpaired) electrons. The van der Waals surface area contributed by atoms with Gasteiger partial charge in [-0.2, -0.15) is 0 Å². The molecule has 0 aliphatic rings. The van der Waals surface area contributed by atoms with Gasteiger partial charge in [-0.25, -0.2) is 14.8 Å². The molecular weight excluding hydrogens is 463 g/mol. The topological polar surface area (TPSA) is 120 Å². The van der Waals surface area contributed by atoms with E-state index in [4.69, 9.17) is 34.7 Å². The lowest BCUT2D eigenvalue weighted by Gasteiger charge is -2.22. The summed E-state index contributed by atoms with van der Waals surface area (Å²) in [6.07, 6.45) is 3.04. The summed E-state index contributed by atoms with van der Waals surface area (Å²) in [5.74, 6) is -0.207. The molecule has 0 unspecified atom stereocenters. The van der Waals surface area contributed by atoms with E-state index in [-0.39, 0.29) is 22.4 Å². The summed E-state index contributed by atoms with van der Waals surface area (Å²) in [6.45, 7) is 3.93. The predicted molar refractivity (Wildman–Crippen MR) is 130 cm³/mol. The van der Waals surface area contributed by atoms with Crippen molar-refractivity contribution < 1.29 is 9.59 Å². The van der Waals surface area contributed by atoms with E-state index in [1.165, 1.54) is 23.4 Å². The normalized spacial score (nSPS) is 11.2. The van der Waals surface area contributed by atoms with E-state index in [0.717, 1.165) is 0 Å². The Morgan fingerprint density at radius 2 is 1.76 bits per heavy atom. The van der Waals surface area contributed by atoms with Crippen molar-refractivity contribution in [1.29, 1.82) is 0 Å². The molecule has 4 aromatic rings. The van der Waals surface area contributed by atoms with Crippen molar-refractivity contribution in [2.24, 2.45) is 5.73 Å². The van der Waals surface area contributed by atoms with Crippen molar-refractivity contribution in [2.45, 2.75) is 19.9 Å². The summed E-state index contributed by atoms with van der Waals surface area (Å²) in [4.78, 5) is 35.5. The standard InChI is InChI=1S/C23H20Cl2N6O2/c1-12(2)30-10-15(19-21(26)28-11-29-22(19)30)20(32)14-9-13(7-8-16(14)24)31(23(27)33)18-6-4-3-5-17(18)25/h3-12H,1-2H3,(H2,27,33)(H2,26,28,29). The first-order valence-electron chi connectivity index (χ1n) is 10.00. The molecule has 0 saturated carbocycles. The van der Waals surface area contributed by atoms with Crippen molar-refractivity contribution in [3.05, 3.63) is 76.2 Å². The van der Waals surface area contributed by atoms with Gasteiger partial charge in [0.15, 0.2) is 5.78 Å². The zero-order chi connectivity index (χ0) is 23.9. The third-order valence-electron chi connectivity index (χ3n) is 5.21. The number of benzene rings is 2. The van der Waals surface area contributed by atoms with E-state index in [0.29, 0.717) is 33.0 Å². The van der Waals surface area contributed by atoms with E-state index < -0.39 is 11.8 Å². The van der Waals surface area contributed by atoms with E-state index in [2.05, 4.69) is 9.97 Å². The summed E-state index contributed by atoms with van der Waals surface area (Å²) in [6, 6.07) is 10.6. The van der Waals surface area contributed by atoms with Crippen LogP contribution in [0.1, 0.15) is 35.8 Å². The van der Waals surface area contributed by atoms with Crippen molar-refractivity contribution in [2.75, 3.05) is 10.6 Å². The minimum Gasteiger partial charge on any atom is -0.383 e. The van der Waals surface area contributed by atoms with Crippen molar-refractivity contribution >= 4 is 63.2 Å². The van der Waals surface area contributed by atoms with Gasteiger partial charge >= 0.3 is 6.03 Å². The van der Waals surface area contributed by atoms with Gasteiger partial charge in [0.25, 0.3) is 0 Å². The fourth-order valence-corrected chi connectivity index (χ4v) is 4.09. The highest BCUT2D eigenvalue weighted by Crippen LogP contribution is 2.35. The van der Waals surface area contributed by atoms with Crippen LogP contribution in [-0.2, 0) is 0 Å². The smallest absolute Gasteiger partial charge is 0.323 e. The van der Waals surface area contributed by atoms with Crippen molar-refractivity contribution in [1.82, 2.24) is 14.5 Å². The summed E-state index contributed by atoms with van der Waals surface area (Å²) in [5, 5.41) is 0.966. The molecule has 4 N–H and O–H groups in total. The van der Waals surface area contributed by atoms with Gasteiger partial charge in [-0.1, -0.05) is 35.3 Å². The number of carbonyl (C=O) groups excluding carboxylic acids is 2. The lowest BCUT2D eigenvalue weighted by atomic mass is 10.0. The second-order valence-electron chi connectivity index (χ2n) is 7.62. The monoisotopic (exact) mass is 482 g/mol. The van der Waals surface area contributed by atoms with Gasteiger partial charge < -0.3 is 16.0 Å². The Hall–Kier alpha value is -3.62. The first-order valence-corrected chi connectivity index (χ1v) is 10.8. The Kier molecular flexibility index (Phi) is 5.97. The highest BCUT2D eigenvalue weighted by atomic mass is 35.5. The zero-order valence-electron chi connectivity index (χ0n) is 17.8. The molecule has 2 amide bonds. The summed E-state index contributed by atoms with van der Waals surface area (Å²) < 4.78 is 1.85. The predicted octanol–water partition coefficient (Wildman–Crippen LogP) is 5.35. The van der Waals surface area contributed by atoms with Crippen LogP contribution in [0.3, 0.4) is 0 Å². The number of ketones is 1. The minimum atomic E-state index is -0.766. The van der Waals surface area contributed by atoms with Crippen LogP contribution >= 0.6 is 23.2 Å². The summed E-state index contributed by atoms with van der Waals surface area (Å²) in [7, 11) is 0. The molecule has 33 heavy (non-hydrogen) atoms. The van der Waals surface area contributed by atoms with E-state index in [1.807, 2.05) is 18.4 Å². The molecule has 0 spiro atoms. The number of nitrogen functional groups attached to an aromatic ring is 1. The first kappa shape index (κ1) is 22.6. The third kappa shape index (κ3) is 3.99. The van der Waals surface area contributed by atoms with Crippen LogP contribution in [0.2, 0.25) is 10.0 Å². The number of primary amides is 1. The first-order chi connectivity index (χ1) is 15.7. The highest BCUT2D eigenvalue weighted by Gasteiger charge is 2.25. The fourth-order valence-electron chi connectivity index (χ4n) is 3.66. The Morgan fingerprint density at radius 1 is 1.03 bits per heavy atom. The SMILES string of the molecule is CC(C)n1cc(C(=O)c2cc(N(C(N)=O)c3ccccc3Cl)ccc2Cl)c2c(N)ncnc21. The molecule has 10 heteroatoms. The number of amides is 2. The number of halogens is 2. The van der Waals surface area contributed by atoms with E-state index in [9.17, 15) is 9.59 Å². The van der Waals surface area contributed by atoms with Crippen LogP contribution in [0, 0.1) is 0 Å². The maximum atomic E-state index is 13.6. The number of urea groups is 1. The summed E-state index contributed by atoms with van der Waals surface area (Å²) in [5.41, 5.74) is 13.5. The molecule has 8 nitrogen and oxygen atoms in total. The van der Waals surface area contributed by atoms with Crippen LogP contribution in [0.4, 0.5) is 22.0 Å². The lowest BCUT2D eigenvalue weighted by molar-refractivity contribution is 0.104. The van der Waals surface area contributed by atoms with Crippen LogP contribution in [0.25, 0.3) is 11.0 Å². The molecular formula is C23H20Cl2N6O2. The van der Waals surface area contributed by atoms with Crippen LogP contribution in [0.15, 0.2) is 55.0 Å². The second-order valence-corrected chi connectivity index (χ2v) is 8.43. The van der Waals surface area contributed by atoms with E-state index >= 15 is 0 Å². The Labute approximate surface area is 199 Å². The Morgan fingerprint density at radius 3 is 2.42 bits per heavy atom. The van der Waals surface area contributed by atoms with Crippen molar-refractivity contribution in [3.63, 3.8) is 0 Å². The number of fused-ring (bicyclic) bond motifs is 1. The van der Waals surface area contributed by atoms with Crippen LogP contribution in [-0.4, -0.2) is 26.3 Å². The van der Waals surface area contributed by atoms with Crippen LogP contribution in [0.5, 0.6) is 0 Å². The molecule has 0 aliphatic carbocycles. The molecule has 0 bridgehead atoms. The van der Waals surface area contributed by atoms with E-state index in [1.54, 1.807) is 36.5 Å². The van der Waals surface area contributed by atoms with Gasteiger partial charge in [-0.3, -0.25) is 9.69 Å². The summed E-state index contributed by atoms with van der Waals surface area (Å²) >= 11 is 12.7.